The van der Waals surface area contributed by atoms with E-state index in [9.17, 15) is 18.8 Å². The first-order valence-corrected chi connectivity index (χ1v) is 8.24. The zero-order valence-corrected chi connectivity index (χ0v) is 15.2. The van der Waals surface area contributed by atoms with Gasteiger partial charge in [-0.3, -0.25) is 9.59 Å². The topological polar surface area (TPSA) is 105 Å². The highest BCUT2D eigenvalue weighted by atomic mass is 19.1. The van der Waals surface area contributed by atoms with Gasteiger partial charge in [-0.25, -0.2) is 9.18 Å². The van der Waals surface area contributed by atoms with Crippen molar-refractivity contribution in [2.24, 2.45) is 0 Å². The van der Waals surface area contributed by atoms with Gasteiger partial charge in [0.2, 0.25) is 11.7 Å². The standard InChI is InChI=1S/C20H17FN2O5/c1-12(28-16-6-3-14(10-22)4-7-16)20(26)27-11-19(25)17-8-5-15(9-18(17)21)23-13(2)24/h3-9,12H,11H2,1-2H3,(H,23,24)/t12-/m1/s1. The summed E-state index contributed by atoms with van der Waals surface area (Å²) in [5.74, 6) is -2.38. The third kappa shape index (κ3) is 5.64. The first-order chi connectivity index (χ1) is 13.3. The summed E-state index contributed by atoms with van der Waals surface area (Å²) in [6.07, 6.45) is -1.01. The molecule has 0 aliphatic carbocycles. The lowest BCUT2D eigenvalue weighted by Gasteiger charge is -2.14. The second-order valence-electron chi connectivity index (χ2n) is 5.80. The van der Waals surface area contributed by atoms with Crippen LogP contribution in [0.5, 0.6) is 5.75 Å². The molecule has 1 atom stereocenters. The number of esters is 1. The van der Waals surface area contributed by atoms with Gasteiger partial charge in [0.25, 0.3) is 0 Å². The zero-order chi connectivity index (χ0) is 20.7. The maximum absolute atomic E-state index is 14.0. The number of rotatable bonds is 7. The van der Waals surface area contributed by atoms with Gasteiger partial charge in [-0.2, -0.15) is 5.26 Å². The summed E-state index contributed by atoms with van der Waals surface area (Å²) >= 11 is 0. The minimum Gasteiger partial charge on any atom is -0.479 e. The van der Waals surface area contributed by atoms with Crippen molar-refractivity contribution in [1.82, 2.24) is 0 Å². The molecule has 0 aliphatic rings. The fourth-order valence-electron chi connectivity index (χ4n) is 2.21. The highest BCUT2D eigenvalue weighted by Gasteiger charge is 2.20. The number of Topliss-reactive ketones (excluding diaryl/α,β-unsaturated/α-hetero) is 1. The van der Waals surface area contributed by atoms with Crippen LogP contribution < -0.4 is 10.1 Å². The molecule has 1 amide bonds. The van der Waals surface area contributed by atoms with Gasteiger partial charge in [-0.05, 0) is 49.4 Å². The van der Waals surface area contributed by atoms with Gasteiger partial charge in [-0.15, -0.1) is 0 Å². The van der Waals surface area contributed by atoms with Gasteiger partial charge in [0.05, 0.1) is 17.2 Å². The van der Waals surface area contributed by atoms with Crippen LogP contribution in [0.2, 0.25) is 0 Å². The Hall–Kier alpha value is -3.73. The van der Waals surface area contributed by atoms with E-state index in [1.165, 1.54) is 50.2 Å². The number of ether oxygens (including phenoxy) is 2. The Kier molecular flexibility index (Phi) is 6.82. The predicted octanol–water partition coefficient (Wildman–Crippen LogP) is 2.85. The minimum absolute atomic E-state index is 0.211. The molecule has 0 spiro atoms. The van der Waals surface area contributed by atoms with E-state index in [2.05, 4.69) is 5.32 Å². The number of anilines is 1. The molecule has 0 saturated heterocycles. The maximum Gasteiger partial charge on any atom is 0.347 e. The Morgan fingerprint density at radius 2 is 1.86 bits per heavy atom. The number of nitrogens with zero attached hydrogens (tertiary/aromatic N) is 1. The van der Waals surface area contributed by atoms with Crippen LogP contribution in [0.1, 0.15) is 29.8 Å². The van der Waals surface area contributed by atoms with Crippen molar-refractivity contribution in [1.29, 1.82) is 5.26 Å². The molecule has 0 unspecified atom stereocenters. The molecular weight excluding hydrogens is 367 g/mol. The minimum atomic E-state index is -1.01. The van der Waals surface area contributed by atoms with E-state index in [4.69, 9.17) is 14.7 Å². The second-order valence-corrected chi connectivity index (χ2v) is 5.80. The number of hydrogen-bond acceptors (Lipinski definition) is 6. The van der Waals surface area contributed by atoms with Crippen molar-refractivity contribution in [3.8, 4) is 11.8 Å². The molecule has 0 heterocycles. The Balaban J connectivity index is 1.91. The largest absolute Gasteiger partial charge is 0.479 e. The molecule has 0 aromatic heterocycles. The summed E-state index contributed by atoms with van der Waals surface area (Å²) in [6, 6.07) is 11.7. The van der Waals surface area contributed by atoms with Crippen molar-refractivity contribution in [3.05, 3.63) is 59.4 Å². The van der Waals surface area contributed by atoms with E-state index in [1.54, 1.807) is 0 Å². The molecule has 144 valence electrons. The maximum atomic E-state index is 14.0. The Morgan fingerprint density at radius 3 is 2.43 bits per heavy atom. The summed E-state index contributed by atoms with van der Waals surface area (Å²) < 4.78 is 24.3. The van der Waals surface area contributed by atoms with Gasteiger partial charge in [0, 0.05) is 12.6 Å². The number of nitriles is 1. The van der Waals surface area contributed by atoms with Gasteiger partial charge >= 0.3 is 5.97 Å². The summed E-state index contributed by atoms with van der Waals surface area (Å²) in [5.41, 5.74) is 0.394. The molecule has 2 aromatic rings. The molecule has 0 fully saturated rings. The van der Waals surface area contributed by atoms with Gasteiger partial charge in [-0.1, -0.05) is 0 Å². The van der Waals surface area contributed by atoms with Crippen LogP contribution in [0.3, 0.4) is 0 Å². The first kappa shape index (κ1) is 20.6. The van der Waals surface area contributed by atoms with Gasteiger partial charge < -0.3 is 14.8 Å². The lowest BCUT2D eigenvalue weighted by molar-refractivity contribution is -0.149. The lowest BCUT2D eigenvalue weighted by atomic mass is 10.1. The van der Waals surface area contributed by atoms with Gasteiger partial charge in [0.1, 0.15) is 11.6 Å². The monoisotopic (exact) mass is 384 g/mol. The Bertz CT molecular complexity index is 935. The molecular formula is C20H17FN2O5. The van der Waals surface area contributed by atoms with Crippen molar-refractivity contribution < 1.29 is 28.2 Å². The van der Waals surface area contributed by atoms with Gasteiger partial charge in [0.15, 0.2) is 12.7 Å². The number of ketones is 1. The van der Waals surface area contributed by atoms with E-state index < -0.39 is 30.3 Å². The lowest BCUT2D eigenvalue weighted by Crippen LogP contribution is -2.28. The van der Waals surface area contributed by atoms with Crippen LogP contribution in [-0.2, 0) is 14.3 Å². The van der Waals surface area contributed by atoms with Crippen LogP contribution >= 0.6 is 0 Å². The number of nitrogens with one attached hydrogen (secondary N) is 1. The van der Waals surface area contributed by atoms with E-state index in [-0.39, 0.29) is 17.2 Å². The fraction of sp³-hybridized carbons (Fsp3) is 0.200. The number of amides is 1. The number of carbonyl (C=O) groups excluding carboxylic acids is 3. The number of hydrogen-bond donors (Lipinski definition) is 1. The van der Waals surface area contributed by atoms with Crippen molar-refractivity contribution in [2.45, 2.75) is 20.0 Å². The molecule has 0 aliphatic heterocycles. The molecule has 2 rings (SSSR count). The second kappa shape index (κ2) is 9.28. The van der Waals surface area contributed by atoms with E-state index >= 15 is 0 Å². The summed E-state index contributed by atoms with van der Waals surface area (Å²) in [6.45, 7) is 2.06. The third-order valence-electron chi connectivity index (χ3n) is 3.56. The number of halogens is 1. The number of carbonyl (C=O) groups is 3. The average Bonchev–Trinajstić information content (AvgIpc) is 2.66. The zero-order valence-electron chi connectivity index (χ0n) is 15.2. The highest BCUT2D eigenvalue weighted by Crippen LogP contribution is 2.16. The quantitative estimate of drug-likeness (QED) is 0.581. The number of benzene rings is 2. The van der Waals surface area contributed by atoms with E-state index in [0.29, 0.717) is 11.3 Å². The molecule has 7 nitrogen and oxygen atoms in total. The molecule has 0 bridgehead atoms. The van der Waals surface area contributed by atoms with Crippen LogP contribution in [0.15, 0.2) is 42.5 Å². The molecule has 2 aromatic carbocycles. The fourth-order valence-corrected chi connectivity index (χ4v) is 2.21. The SMILES string of the molecule is CC(=O)Nc1ccc(C(=O)COC(=O)[C@@H](C)Oc2ccc(C#N)cc2)c(F)c1. The smallest absolute Gasteiger partial charge is 0.347 e. The highest BCUT2D eigenvalue weighted by molar-refractivity contribution is 5.99. The summed E-state index contributed by atoms with van der Waals surface area (Å²) in [4.78, 5) is 35.0. The molecule has 0 saturated carbocycles. The average molecular weight is 384 g/mol. The van der Waals surface area contributed by atoms with Crippen LogP contribution in [-0.4, -0.2) is 30.4 Å². The van der Waals surface area contributed by atoms with Crippen molar-refractivity contribution in [2.75, 3.05) is 11.9 Å². The van der Waals surface area contributed by atoms with Crippen LogP contribution in [0.4, 0.5) is 10.1 Å². The molecule has 8 heteroatoms. The third-order valence-corrected chi connectivity index (χ3v) is 3.56. The Labute approximate surface area is 160 Å². The predicted molar refractivity (Wildman–Crippen MR) is 97.2 cm³/mol. The van der Waals surface area contributed by atoms with E-state index in [0.717, 1.165) is 6.07 Å². The van der Waals surface area contributed by atoms with Crippen molar-refractivity contribution in [3.63, 3.8) is 0 Å². The Morgan fingerprint density at radius 1 is 1.18 bits per heavy atom. The van der Waals surface area contributed by atoms with Crippen LogP contribution in [0, 0.1) is 17.1 Å². The van der Waals surface area contributed by atoms with Crippen LogP contribution in [0.25, 0.3) is 0 Å². The normalized spacial score (nSPS) is 11.1. The molecule has 0 radical (unpaired) electrons. The van der Waals surface area contributed by atoms with E-state index in [1.807, 2.05) is 6.07 Å². The molecule has 1 N–H and O–H groups in total. The van der Waals surface area contributed by atoms with Crippen molar-refractivity contribution >= 4 is 23.3 Å². The molecule has 28 heavy (non-hydrogen) atoms. The summed E-state index contributed by atoms with van der Waals surface area (Å²) in [5, 5.41) is 11.1. The first-order valence-electron chi connectivity index (χ1n) is 8.24. The summed E-state index contributed by atoms with van der Waals surface area (Å²) in [7, 11) is 0.